The van der Waals surface area contributed by atoms with Gasteiger partial charge in [0.05, 0.1) is 11.3 Å². The minimum absolute atomic E-state index is 0.0357. The van der Waals surface area contributed by atoms with Crippen LogP contribution in [0.1, 0.15) is 42.5 Å². The van der Waals surface area contributed by atoms with Gasteiger partial charge in [-0.3, -0.25) is 24.4 Å². The molecule has 0 saturated carbocycles. The molecule has 2 aromatic rings. The molecule has 0 atom stereocenters. The number of amides is 1. The molecule has 148 valence electrons. The molecule has 1 amide bonds. The fraction of sp³-hybridized carbons (Fsp3) is 0.500. The van der Waals surface area contributed by atoms with Gasteiger partial charge >= 0.3 is 0 Å². The number of carbonyl (C=O) groups is 3. The molecule has 2 aromatic heterocycles. The lowest BCUT2D eigenvalue weighted by Crippen LogP contribution is -2.20. The van der Waals surface area contributed by atoms with Crippen LogP contribution in [0.2, 0.25) is 0 Å². The number of hydrogen-bond donors (Lipinski definition) is 2. The van der Waals surface area contributed by atoms with E-state index in [0.29, 0.717) is 28.0 Å². The van der Waals surface area contributed by atoms with Crippen LogP contribution in [-0.4, -0.2) is 49.0 Å². The van der Waals surface area contributed by atoms with Gasteiger partial charge in [-0.1, -0.05) is 36.9 Å². The molecule has 0 unspecified atom stereocenters. The zero-order chi connectivity index (χ0) is 20.6. The Morgan fingerprint density at radius 1 is 1.33 bits per heavy atom. The van der Waals surface area contributed by atoms with Crippen molar-refractivity contribution in [1.29, 1.82) is 0 Å². The number of thioether (sulfide) groups is 1. The standard InChI is InChI=1S/C15H21N5O2S2.CH2O2/c1-8(2)7-23-15-18-17-14(24-15)16-12(22)6-20-10(4)13(11(5)21)9(3)19-20;2-1-3/h8H,6-7H2,1-5H3,(H,16,17,22);1H,(H,2,3). The maximum atomic E-state index is 12.2. The van der Waals surface area contributed by atoms with Crippen LogP contribution < -0.4 is 5.32 Å². The van der Waals surface area contributed by atoms with Gasteiger partial charge in [0.2, 0.25) is 11.0 Å². The van der Waals surface area contributed by atoms with Crippen LogP contribution in [-0.2, 0) is 16.1 Å². The number of rotatable bonds is 7. The van der Waals surface area contributed by atoms with Crippen LogP contribution in [0.4, 0.5) is 5.13 Å². The van der Waals surface area contributed by atoms with E-state index in [4.69, 9.17) is 9.90 Å². The van der Waals surface area contributed by atoms with E-state index in [2.05, 4.69) is 34.5 Å². The number of Topliss-reactive ketones (excluding diaryl/α,β-unsaturated/α-hetero) is 1. The van der Waals surface area contributed by atoms with Crippen molar-refractivity contribution in [3.63, 3.8) is 0 Å². The van der Waals surface area contributed by atoms with Crippen LogP contribution in [0.5, 0.6) is 0 Å². The smallest absolute Gasteiger partial charge is 0.290 e. The van der Waals surface area contributed by atoms with E-state index in [-0.39, 0.29) is 24.7 Å². The number of carboxylic acid groups (broad SMARTS) is 1. The van der Waals surface area contributed by atoms with Gasteiger partial charge in [0.1, 0.15) is 6.54 Å². The number of hydrogen-bond acceptors (Lipinski definition) is 8. The summed E-state index contributed by atoms with van der Waals surface area (Å²) in [5.74, 6) is 1.24. The molecule has 0 aromatic carbocycles. The highest BCUT2D eigenvalue weighted by atomic mass is 32.2. The highest BCUT2D eigenvalue weighted by Crippen LogP contribution is 2.26. The van der Waals surface area contributed by atoms with Crippen LogP contribution in [0.3, 0.4) is 0 Å². The molecular weight excluding hydrogens is 390 g/mol. The topological polar surface area (TPSA) is 127 Å². The van der Waals surface area contributed by atoms with Crippen molar-refractivity contribution < 1.29 is 19.5 Å². The second-order valence-corrected chi connectivity index (χ2v) is 8.24. The Bertz CT molecular complexity index is 801. The Kier molecular flexibility index (Phi) is 9.09. The van der Waals surface area contributed by atoms with Crippen molar-refractivity contribution in [3.05, 3.63) is 17.0 Å². The van der Waals surface area contributed by atoms with Gasteiger partial charge in [-0.2, -0.15) is 5.10 Å². The number of carbonyl (C=O) groups excluding carboxylic acids is 2. The molecule has 9 nitrogen and oxygen atoms in total. The van der Waals surface area contributed by atoms with Crippen LogP contribution in [0.15, 0.2) is 4.34 Å². The predicted molar refractivity (Wildman–Crippen MR) is 104 cm³/mol. The van der Waals surface area contributed by atoms with E-state index >= 15 is 0 Å². The molecule has 0 aliphatic carbocycles. The molecule has 11 heteroatoms. The fourth-order valence-corrected chi connectivity index (χ4v) is 3.96. The van der Waals surface area contributed by atoms with Gasteiger partial charge in [-0.15, -0.1) is 10.2 Å². The summed E-state index contributed by atoms with van der Waals surface area (Å²) >= 11 is 2.99. The second-order valence-electron chi connectivity index (χ2n) is 5.99. The first-order valence-corrected chi connectivity index (χ1v) is 9.88. The molecule has 0 saturated heterocycles. The van der Waals surface area contributed by atoms with Crippen molar-refractivity contribution in [3.8, 4) is 0 Å². The molecule has 2 N–H and O–H groups in total. The Labute approximate surface area is 165 Å². The second kappa shape index (κ2) is 10.8. The summed E-state index contributed by atoms with van der Waals surface area (Å²) in [7, 11) is 0. The predicted octanol–water partition coefficient (Wildman–Crippen LogP) is 2.64. The average molecular weight is 414 g/mol. The highest BCUT2D eigenvalue weighted by Gasteiger charge is 2.17. The third-order valence-electron chi connectivity index (χ3n) is 3.22. The molecule has 0 radical (unpaired) electrons. The largest absolute Gasteiger partial charge is 0.483 e. The Morgan fingerprint density at radius 3 is 2.48 bits per heavy atom. The normalized spacial score (nSPS) is 10.3. The molecule has 0 aliphatic heterocycles. The fourth-order valence-electron chi connectivity index (χ4n) is 2.21. The average Bonchev–Trinajstić information content (AvgIpc) is 3.10. The first kappa shape index (κ1) is 22.8. The van der Waals surface area contributed by atoms with Gasteiger partial charge in [0.15, 0.2) is 10.1 Å². The van der Waals surface area contributed by atoms with Crippen molar-refractivity contribution in [1.82, 2.24) is 20.0 Å². The van der Waals surface area contributed by atoms with Gasteiger partial charge in [0, 0.05) is 11.4 Å². The molecule has 0 aliphatic rings. The zero-order valence-electron chi connectivity index (χ0n) is 15.8. The summed E-state index contributed by atoms with van der Waals surface area (Å²) in [6, 6.07) is 0. The number of aromatic nitrogens is 4. The van der Waals surface area contributed by atoms with Gasteiger partial charge in [-0.25, -0.2) is 0 Å². The van der Waals surface area contributed by atoms with Crippen molar-refractivity contribution in [2.45, 2.75) is 45.5 Å². The SMILES string of the molecule is CC(=O)c1c(C)nn(CC(=O)Nc2nnc(SCC(C)C)s2)c1C.O=CO. The van der Waals surface area contributed by atoms with Crippen LogP contribution in [0.25, 0.3) is 0 Å². The number of aryl methyl sites for hydroxylation is 1. The summed E-state index contributed by atoms with van der Waals surface area (Å²) in [6.45, 7) is 9.12. The minimum atomic E-state index is -0.250. The monoisotopic (exact) mass is 413 g/mol. The summed E-state index contributed by atoms with van der Waals surface area (Å²) in [4.78, 5) is 32.2. The third kappa shape index (κ3) is 7.10. The first-order valence-electron chi connectivity index (χ1n) is 8.08. The van der Waals surface area contributed by atoms with E-state index in [0.717, 1.165) is 10.1 Å². The number of nitrogens with one attached hydrogen (secondary N) is 1. The number of ketones is 1. The first-order chi connectivity index (χ1) is 12.7. The number of nitrogens with zero attached hydrogens (tertiary/aromatic N) is 4. The lowest BCUT2D eigenvalue weighted by molar-refractivity contribution is -0.123. The maximum absolute atomic E-state index is 12.2. The lowest BCUT2D eigenvalue weighted by atomic mass is 10.1. The summed E-state index contributed by atoms with van der Waals surface area (Å²) in [6.07, 6.45) is 0. The summed E-state index contributed by atoms with van der Waals surface area (Å²) < 4.78 is 2.38. The van der Waals surface area contributed by atoms with Crippen molar-refractivity contribution >= 4 is 46.4 Å². The molecule has 0 bridgehead atoms. The molecule has 0 spiro atoms. The van der Waals surface area contributed by atoms with Crippen molar-refractivity contribution in [2.24, 2.45) is 5.92 Å². The van der Waals surface area contributed by atoms with E-state index in [1.54, 1.807) is 25.6 Å². The summed E-state index contributed by atoms with van der Waals surface area (Å²) in [5, 5.41) is 22.4. The molecule has 2 heterocycles. The number of anilines is 1. The Hall–Kier alpha value is -2.27. The van der Waals surface area contributed by atoms with Gasteiger partial charge < -0.3 is 5.11 Å². The van der Waals surface area contributed by atoms with E-state index in [9.17, 15) is 9.59 Å². The lowest BCUT2D eigenvalue weighted by Gasteiger charge is -2.04. The van der Waals surface area contributed by atoms with Gasteiger partial charge in [-0.05, 0) is 26.7 Å². The molecule has 0 fully saturated rings. The third-order valence-corrected chi connectivity index (χ3v) is 5.62. The molecule has 2 rings (SSSR count). The quantitative estimate of drug-likeness (QED) is 0.307. The van der Waals surface area contributed by atoms with E-state index in [1.165, 1.54) is 22.9 Å². The molecular formula is C16H23N5O4S2. The van der Waals surface area contributed by atoms with Gasteiger partial charge in [0.25, 0.3) is 6.47 Å². The van der Waals surface area contributed by atoms with Crippen LogP contribution >= 0.6 is 23.1 Å². The van der Waals surface area contributed by atoms with Crippen molar-refractivity contribution in [2.75, 3.05) is 11.1 Å². The minimum Gasteiger partial charge on any atom is -0.483 e. The maximum Gasteiger partial charge on any atom is 0.290 e. The Morgan fingerprint density at radius 2 is 1.96 bits per heavy atom. The zero-order valence-corrected chi connectivity index (χ0v) is 17.5. The highest BCUT2D eigenvalue weighted by molar-refractivity contribution is 8.01. The summed E-state index contributed by atoms with van der Waals surface area (Å²) in [5.41, 5.74) is 1.91. The van der Waals surface area contributed by atoms with E-state index < -0.39 is 0 Å². The van der Waals surface area contributed by atoms with Crippen LogP contribution in [0, 0.1) is 19.8 Å². The Balaban J connectivity index is 0.00000114. The van der Waals surface area contributed by atoms with E-state index in [1.807, 2.05) is 0 Å². The molecule has 27 heavy (non-hydrogen) atoms.